The Hall–Kier alpha value is -2.67. The van der Waals surface area contributed by atoms with Gasteiger partial charge in [-0.2, -0.15) is 0 Å². The molecule has 0 saturated heterocycles. The van der Waals surface area contributed by atoms with Crippen molar-refractivity contribution in [3.8, 4) is 0 Å². The van der Waals surface area contributed by atoms with Gasteiger partial charge in [0.15, 0.2) is 9.84 Å². The summed E-state index contributed by atoms with van der Waals surface area (Å²) in [6.07, 6.45) is 3.98. The largest absolute Gasteiger partial charge is 0.353 e. The van der Waals surface area contributed by atoms with Crippen LogP contribution in [-0.4, -0.2) is 32.0 Å². The maximum atomic E-state index is 13.4. The molecule has 1 heterocycles. The first-order chi connectivity index (χ1) is 15.7. The third-order valence-corrected chi connectivity index (χ3v) is 9.01. The van der Waals surface area contributed by atoms with E-state index >= 15 is 0 Å². The van der Waals surface area contributed by atoms with E-state index in [1.807, 2.05) is 30.3 Å². The molecule has 2 aromatic rings. The van der Waals surface area contributed by atoms with Crippen LogP contribution in [-0.2, 0) is 25.8 Å². The zero-order valence-electron chi connectivity index (χ0n) is 19.2. The molecule has 0 spiro atoms. The number of nitrogens with one attached hydrogen (secondary N) is 2. The molecule has 1 aliphatic heterocycles. The lowest BCUT2D eigenvalue weighted by Crippen LogP contribution is -2.46. The van der Waals surface area contributed by atoms with Crippen LogP contribution in [0, 0.1) is 11.8 Å². The van der Waals surface area contributed by atoms with Crippen molar-refractivity contribution in [2.45, 2.75) is 62.8 Å². The molecule has 4 unspecified atom stereocenters. The van der Waals surface area contributed by atoms with E-state index in [9.17, 15) is 18.0 Å². The van der Waals surface area contributed by atoms with E-state index in [1.54, 1.807) is 12.1 Å². The number of aryl methyl sites for hydroxylation is 1. The maximum Gasteiger partial charge on any atom is 0.228 e. The summed E-state index contributed by atoms with van der Waals surface area (Å²) in [6.45, 7) is 4.37. The van der Waals surface area contributed by atoms with Crippen molar-refractivity contribution in [3.05, 3.63) is 59.7 Å². The number of carbonyl (C=O) groups excluding carboxylic acids is 2. The van der Waals surface area contributed by atoms with Crippen LogP contribution < -0.4 is 10.6 Å². The minimum absolute atomic E-state index is 0.0579. The molecule has 6 nitrogen and oxygen atoms in total. The summed E-state index contributed by atoms with van der Waals surface area (Å²) in [6, 6.07) is 14.0. The summed E-state index contributed by atoms with van der Waals surface area (Å²) in [5.74, 6) is -0.516. The SMILES string of the molecule is CC1CCCC(NC(=O)C(CS(=O)(=O)c2ccc3c(c2)CCC(=O)N3)c2ccccc2)C1C. The Morgan fingerprint density at radius 2 is 1.85 bits per heavy atom. The average molecular weight is 469 g/mol. The van der Waals surface area contributed by atoms with Crippen LogP contribution in [0.15, 0.2) is 53.4 Å². The number of amides is 2. The van der Waals surface area contributed by atoms with Crippen molar-refractivity contribution in [2.75, 3.05) is 11.1 Å². The highest BCUT2D eigenvalue weighted by atomic mass is 32.2. The molecule has 0 aromatic heterocycles. The summed E-state index contributed by atoms with van der Waals surface area (Å²) in [7, 11) is -3.74. The van der Waals surface area contributed by atoms with E-state index in [0.29, 0.717) is 35.9 Å². The third kappa shape index (κ3) is 5.29. The lowest BCUT2D eigenvalue weighted by atomic mass is 9.78. The molecule has 2 aromatic carbocycles. The number of hydrogen-bond acceptors (Lipinski definition) is 4. The fourth-order valence-electron chi connectivity index (χ4n) is 4.95. The van der Waals surface area contributed by atoms with Gasteiger partial charge in [-0.15, -0.1) is 0 Å². The van der Waals surface area contributed by atoms with Gasteiger partial charge >= 0.3 is 0 Å². The molecule has 2 N–H and O–H groups in total. The standard InChI is InChI=1S/C26H32N2O4S/c1-17-7-6-10-23(18(17)2)28-26(30)22(19-8-4-3-5-9-19)16-33(31,32)21-12-13-24-20(15-21)11-14-25(29)27-24/h3-5,8-9,12-13,15,17-18,22-23H,6-7,10-11,14,16H2,1-2H3,(H,27,29)(H,28,30). The van der Waals surface area contributed by atoms with Gasteiger partial charge in [-0.1, -0.05) is 57.0 Å². The minimum atomic E-state index is -3.74. The Labute approximate surface area is 196 Å². The highest BCUT2D eigenvalue weighted by Gasteiger charge is 2.33. The van der Waals surface area contributed by atoms with Crippen molar-refractivity contribution in [3.63, 3.8) is 0 Å². The van der Waals surface area contributed by atoms with Crippen LogP contribution >= 0.6 is 0 Å². The van der Waals surface area contributed by atoms with E-state index in [-0.39, 0.29) is 28.5 Å². The van der Waals surface area contributed by atoms with Crippen molar-refractivity contribution in [1.82, 2.24) is 5.32 Å². The second kappa shape index (κ2) is 9.67. The molecule has 7 heteroatoms. The summed E-state index contributed by atoms with van der Waals surface area (Å²) < 4.78 is 26.8. The fraction of sp³-hybridized carbons (Fsp3) is 0.462. The van der Waals surface area contributed by atoms with Gasteiger partial charge in [-0.25, -0.2) is 8.42 Å². The van der Waals surface area contributed by atoms with Crippen molar-refractivity contribution in [1.29, 1.82) is 0 Å². The van der Waals surface area contributed by atoms with Gasteiger partial charge in [-0.3, -0.25) is 9.59 Å². The normalized spacial score (nSPS) is 23.8. The first-order valence-electron chi connectivity index (χ1n) is 11.8. The van der Waals surface area contributed by atoms with Crippen LogP contribution in [0.4, 0.5) is 5.69 Å². The number of rotatable bonds is 6. The highest BCUT2D eigenvalue weighted by Crippen LogP contribution is 2.31. The molecule has 176 valence electrons. The Morgan fingerprint density at radius 1 is 1.09 bits per heavy atom. The third-order valence-electron chi connectivity index (χ3n) is 7.27. The molecular formula is C26H32N2O4S. The Kier molecular flexibility index (Phi) is 6.88. The summed E-state index contributed by atoms with van der Waals surface area (Å²) >= 11 is 0. The highest BCUT2D eigenvalue weighted by molar-refractivity contribution is 7.91. The lowest BCUT2D eigenvalue weighted by molar-refractivity contribution is -0.123. The molecule has 1 saturated carbocycles. The van der Waals surface area contributed by atoms with Crippen molar-refractivity contribution >= 4 is 27.3 Å². The van der Waals surface area contributed by atoms with Crippen molar-refractivity contribution < 1.29 is 18.0 Å². The van der Waals surface area contributed by atoms with E-state index in [1.165, 1.54) is 6.07 Å². The van der Waals surface area contributed by atoms with Crippen LogP contribution in [0.2, 0.25) is 0 Å². The van der Waals surface area contributed by atoms with E-state index < -0.39 is 15.8 Å². The maximum absolute atomic E-state index is 13.4. The van der Waals surface area contributed by atoms with Gasteiger partial charge in [0, 0.05) is 18.2 Å². The summed E-state index contributed by atoms with van der Waals surface area (Å²) in [4.78, 5) is 25.2. The predicted molar refractivity (Wildman–Crippen MR) is 129 cm³/mol. The number of benzene rings is 2. The van der Waals surface area contributed by atoms with E-state index in [4.69, 9.17) is 0 Å². The van der Waals surface area contributed by atoms with Gasteiger partial charge in [0.25, 0.3) is 0 Å². The van der Waals surface area contributed by atoms with Crippen LogP contribution in [0.1, 0.15) is 56.6 Å². The van der Waals surface area contributed by atoms with Gasteiger partial charge < -0.3 is 10.6 Å². The number of anilines is 1. The lowest BCUT2D eigenvalue weighted by Gasteiger charge is -2.35. The van der Waals surface area contributed by atoms with Gasteiger partial charge in [0.2, 0.25) is 11.8 Å². The fourth-order valence-corrected chi connectivity index (χ4v) is 6.52. The molecule has 4 atom stereocenters. The number of hydrogen-bond donors (Lipinski definition) is 2. The van der Waals surface area contributed by atoms with E-state index in [0.717, 1.165) is 24.8 Å². The molecule has 1 aliphatic carbocycles. The Balaban J connectivity index is 1.59. The zero-order valence-corrected chi connectivity index (χ0v) is 20.0. The molecular weight excluding hydrogens is 436 g/mol. The van der Waals surface area contributed by atoms with E-state index in [2.05, 4.69) is 24.5 Å². The zero-order chi connectivity index (χ0) is 23.6. The first-order valence-corrected chi connectivity index (χ1v) is 13.4. The topological polar surface area (TPSA) is 92.3 Å². The molecule has 0 radical (unpaired) electrons. The monoisotopic (exact) mass is 468 g/mol. The molecule has 33 heavy (non-hydrogen) atoms. The summed E-state index contributed by atoms with van der Waals surface area (Å²) in [5.41, 5.74) is 2.16. The predicted octanol–water partition coefficient (Wildman–Crippen LogP) is 4.07. The average Bonchev–Trinajstić information content (AvgIpc) is 2.80. The molecule has 4 rings (SSSR count). The van der Waals surface area contributed by atoms with Gasteiger partial charge in [-0.05, 0) is 54.0 Å². The van der Waals surface area contributed by atoms with Gasteiger partial charge in [0.05, 0.1) is 16.6 Å². The first kappa shape index (κ1) is 23.5. The number of fused-ring (bicyclic) bond motifs is 1. The molecule has 1 fully saturated rings. The van der Waals surface area contributed by atoms with Crippen molar-refractivity contribution in [2.24, 2.45) is 11.8 Å². The molecule has 2 amide bonds. The van der Waals surface area contributed by atoms with Crippen LogP contribution in [0.5, 0.6) is 0 Å². The Bertz CT molecular complexity index is 1130. The minimum Gasteiger partial charge on any atom is -0.353 e. The van der Waals surface area contributed by atoms with Crippen LogP contribution in [0.25, 0.3) is 0 Å². The van der Waals surface area contributed by atoms with Crippen LogP contribution in [0.3, 0.4) is 0 Å². The number of carbonyl (C=O) groups is 2. The second-order valence-corrected chi connectivity index (χ2v) is 11.5. The smallest absolute Gasteiger partial charge is 0.228 e. The second-order valence-electron chi connectivity index (χ2n) is 9.49. The Morgan fingerprint density at radius 3 is 2.61 bits per heavy atom. The number of sulfone groups is 1. The molecule has 0 bridgehead atoms. The quantitative estimate of drug-likeness (QED) is 0.668. The molecule has 2 aliphatic rings. The van der Waals surface area contributed by atoms with Gasteiger partial charge in [0.1, 0.15) is 0 Å². The summed E-state index contributed by atoms with van der Waals surface area (Å²) in [5, 5.41) is 5.95.